The molecule has 0 spiro atoms. The number of likely N-dealkylation sites (tertiary alicyclic amines) is 1. The van der Waals surface area contributed by atoms with Crippen molar-refractivity contribution in [3.05, 3.63) is 60.0 Å². The van der Waals surface area contributed by atoms with Gasteiger partial charge in [0.1, 0.15) is 5.82 Å². The lowest BCUT2D eigenvalue weighted by atomic mass is 9.97. The van der Waals surface area contributed by atoms with Crippen molar-refractivity contribution in [2.24, 2.45) is 5.92 Å². The van der Waals surface area contributed by atoms with Gasteiger partial charge >= 0.3 is 0 Å². The Morgan fingerprint density at radius 3 is 2.83 bits per heavy atom. The molecule has 4 rings (SSSR count). The van der Waals surface area contributed by atoms with Gasteiger partial charge in [-0.1, -0.05) is 12.1 Å². The van der Waals surface area contributed by atoms with Gasteiger partial charge < -0.3 is 14.4 Å². The molecule has 1 amide bonds. The fraction of sp³-hybridized carbons (Fsp3) is 0.409. The molecule has 0 aliphatic carbocycles. The quantitative estimate of drug-likeness (QED) is 0.693. The monoisotopic (exact) mass is 393 g/mol. The molecule has 152 valence electrons. The molecule has 1 atom stereocenters. The van der Waals surface area contributed by atoms with Crippen LogP contribution < -0.4 is 5.32 Å². The zero-order chi connectivity index (χ0) is 20.2. The Hall–Kier alpha value is -2.93. The predicted octanol–water partition coefficient (Wildman–Crippen LogP) is 3.58. The molecule has 0 saturated carbocycles. The standard InChI is InChI=1S/C22H27N5O2/c1-3-18-13-21(29-25-18)15-26-11-4-5-17(14-26)22(28)24-19-6-8-20(9-7-19)27-12-10-23-16(27)2/h6-10,12-13,17H,3-5,11,14-15H2,1-2H3,(H,24,28)/t17-/m1/s1. The number of anilines is 1. The van der Waals surface area contributed by atoms with Crippen LogP contribution in [0.1, 0.15) is 37.0 Å². The molecule has 7 nitrogen and oxygen atoms in total. The predicted molar refractivity (Wildman–Crippen MR) is 111 cm³/mol. The maximum absolute atomic E-state index is 12.8. The molecule has 2 aromatic heterocycles. The van der Waals surface area contributed by atoms with E-state index in [-0.39, 0.29) is 11.8 Å². The summed E-state index contributed by atoms with van der Waals surface area (Å²) in [5, 5.41) is 7.12. The number of aromatic nitrogens is 3. The smallest absolute Gasteiger partial charge is 0.228 e. The van der Waals surface area contributed by atoms with Crippen molar-refractivity contribution in [3.63, 3.8) is 0 Å². The third-order valence-corrected chi connectivity index (χ3v) is 5.46. The van der Waals surface area contributed by atoms with Crippen LogP contribution in [0.5, 0.6) is 0 Å². The zero-order valence-electron chi connectivity index (χ0n) is 17.0. The first-order chi connectivity index (χ1) is 14.1. The fourth-order valence-electron chi connectivity index (χ4n) is 3.83. The van der Waals surface area contributed by atoms with Crippen LogP contribution in [-0.4, -0.2) is 38.6 Å². The maximum atomic E-state index is 12.8. The molecule has 1 N–H and O–H groups in total. The molecule has 1 fully saturated rings. The van der Waals surface area contributed by atoms with Crippen LogP contribution >= 0.6 is 0 Å². The van der Waals surface area contributed by atoms with E-state index in [2.05, 4.69) is 27.3 Å². The number of rotatable bonds is 6. The number of aryl methyl sites for hydroxylation is 2. The number of nitrogens with zero attached hydrogens (tertiary/aromatic N) is 4. The summed E-state index contributed by atoms with van der Waals surface area (Å²) in [5.41, 5.74) is 2.82. The number of hydrogen-bond acceptors (Lipinski definition) is 5. The highest BCUT2D eigenvalue weighted by atomic mass is 16.5. The second-order valence-electron chi connectivity index (χ2n) is 7.59. The summed E-state index contributed by atoms with van der Waals surface area (Å²) in [6.07, 6.45) is 6.49. The van der Waals surface area contributed by atoms with E-state index < -0.39 is 0 Å². The highest BCUT2D eigenvalue weighted by Gasteiger charge is 2.26. The Kier molecular flexibility index (Phi) is 5.76. The minimum Gasteiger partial charge on any atom is -0.360 e. The normalized spacial score (nSPS) is 17.4. The van der Waals surface area contributed by atoms with E-state index in [1.54, 1.807) is 6.20 Å². The van der Waals surface area contributed by atoms with Crippen molar-refractivity contribution in [2.45, 2.75) is 39.7 Å². The second-order valence-corrected chi connectivity index (χ2v) is 7.59. The van der Waals surface area contributed by atoms with E-state index in [1.165, 1.54) is 0 Å². The number of carbonyl (C=O) groups is 1. The lowest BCUT2D eigenvalue weighted by Gasteiger charge is -2.31. The summed E-state index contributed by atoms with van der Waals surface area (Å²) >= 11 is 0. The van der Waals surface area contributed by atoms with Gasteiger partial charge in [-0.3, -0.25) is 9.69 Å². The molecule has 29 heavy (non-hydrogen) atoms. The zero-order valence-corrected chi connectivity index (χ0v) is 17.0. The minimum absolute atomic E-state index is 0.0205. The molecular weight excluding hydrogens is 366 g/mol. The SMILES string of the molecule is CCc1cc(CN2CCC[C@@H](C(=O)Nc3ccc(-n4ccnc4C)cc3)C2)on1. The van der Waals surface area contributed by atoms with Crippen LogP contribution in [0.25, 0.3) is 5.69 Å². The van der Waals surface area contributed by atoms with Gasteiger partial charge in [0.2, 0.25) is 5.91 Å². The van der Waals surface area contributed by atoms with Gasteiger partial charge in [-0.2, -0.15) is 0 Å². The lowest BCUT2D eigenvalue weighted by molar-refractivity contribution is -0.121. The van der Waals surface area contributed by atoms with Crippen LogP contribution in [0, 0.1) is 12.8 Å². The molecular formula is C22H27N5O2. The number of hydrogen-bond donors (Lipinski definition) is 1. The lowest BCUT2D eigenvalue weighted by Crippen LogP contribution is -2.40. The van der Waals surface area contributed by atoms with E-state index in [9.17, 15) is 4.79 Å². The molecule has 0 bridgehead atoms. The Morgan fingerprint density at radius 1 is 1.31 bits per heavy atom. The van der Waals surface area contributed by atoms with E-state index in [4.69, 9.17) is 4.52 Å². The van der Waals surface area contributed by atoms with Gasteiger partial charge in [0.05, 0.1) is 18.2 Å². The van der Waals surface area contributed by atoms with Crippen LogP contribution in [0.15, 0.2) is 47.2 Å². The minimum atomic E-state index is -0.0205. The van der Waals surface area contributed by atoms with Crippen molar-refractivity contribution in [3.8, 4) is 5.69 Å². The van der Waals surface area contributed by atoms with Gasteiger partial charge in [0.15, 0.2) is 5.76 Å². The Morgan fingerprint density at radius 2 is 2.14 bits per heavy atom. The van der Waals surface area contributed by atoms with Crippen molar-refractivity contribution in [1.82, 2.24) is 19.6 Å². The molecule has 3 aromatic rings. The summed E-state index contributed by atoms with van der Waals surface area (Å²) in [5.74, 6) is 1.86. The molecule has 1 aromatic carbocycles. The van der Waals surface area contributed by atoms with E-state index in [0.717, 1.165) is 61.0 Å². The van der Waals surface area contributed by atoms with Gasteiger partial charge in [-0.25, -0.2) is 4.98 Å². The average Bonchev–Trinajstić information content (AvgIpc) is 3.37. The molecule has 3 heterocycles. The number of nitrogens with one attached hydrogen (secondary N) is 1. The van der Waals surface area contributed by atoms with E-state index in [1.807, 2.05) is 48.0 Å². The summed E-state index contributed by atoms with van der Waals surface area (Å²) in [6, 6.07) is 9.87. The van der Waals surface area contributed by atoms with Gasteiger partial charge in [-0.15, -0.1) is 0 Å². The topological polar surface area (TPSA) is 76.2 Å². The third kappa shape index (κ3) is 4.56. The van der Waals surface area contributed by atoms with E-state index in [0.29, 0.717) is 6.54 Å². The molecule has 1 saturated heterocycles. The number of benzene rings is 1. The van der Waals surface area contributed by atoms with E-state index >= 15 is 0 Å². The third-order valence-electron chi connectivity index (χ3n) is 5.46. The molecule has 0 unspecified atom stereocenters. The molecule has 7 heteroatoms. The first kappa shape index (κ1) is 19.4. The van der Waals surface area contributed by atoms with Gasteiger partial charge in [0, 0.05) is 36.4 Å². The molecule has 1 aliphatic rings. The number of piperidine rings is 1. The Labute approximate surface area is 170 Å². The number of carbonyl (C=O) groups excluding carboxylic acids is 1. The second kappa shape index (κ2) is 8.61. The highest BCUT2D eigenvalue weighted by Crippen LogP contribution is 2.22. The Balaban J connectivity index is 1.34. The largest absolute Gasteiger partial charge is 0.360 e. The average molecular weight is 393 g/mol. The van der Waals surface area contributed by atoms with Crippen LogP contribution in [0.2, 0.25) is 0 Å². The summed E-state index contributed by atoms with van der Waals surface area (Å²) in [7, 11) is 0. The summed E-state index contributed by atoms with van der Waals surface area (Å²) in [4.78, 5) is 19.3. The van der Waals surface area contributed by atoms with Crippen LogP contribution in [0.3, 0.4) is 0 Å². The van der Waals surface area contributed by atoms with Crippen molar-refractivity contribution in [2.75, 3.05) is 18.4 Å². The maximum Gasteiger partial charge on any atom is 0.228 e. The van der Waals surface area contributed by atoms with Crippen LogP contribution in [0.4, 0.5) is 5.69 Å². The van der Waals surface area contributed by atoms with Gasteiger partial charge in [-0.05, 0) is 57.0 Å². The summed E-state index contributed by atoms with van der Waals surface area (Å²) < 4.78 is 7.41. The molecule has 0 radical (unpaired) electrons. The first-order valence-electron chi connectivity index (χ1n) is 10.2. The van der Waals surface area contributed by atoms with Crippen molar-refractivity contribution >= 4 is 11.6 Å². The number of amides is 1. The highest BCUT2D eigenvalue weighted by molar-refractivity contribution is 5.92. The van der Waals surface area contributed by atoms with Gasteiger partial charge in [0.25, 0.3) is 0 Å². The van der Waals surface area contributed by atoms with Crippen LogP contribution in [-0.2, 0) is 17.8 Å². The van der Waals surface area contributed by atoms with Crippen molar-refractivity contribution < 1.29 is 9.32 Å². The fourth-order valence-corrected chi connectivity index (χ4v) is 3.83. The number of imidazole rings is 1. The Bertz CT molecular complexity index is 960. The molecule has 1 aliphatic heterocycles. The first-order valence-corrected chi connectivity index (χ1v) is 10.2. The summed E-state index contributed by atoms with van der Waals surface area (Å²) in [6.45, 7) is 6.44. The van der Waals surface area contributed by atoms with Crippen molar-refractivity contribution in [1.29, 1.82) is 0 Å².